The smallest absolute Gasteiger partial charge is 0.251 e. The second-order valence-electron chi connectivity index (χ2n) is 6.31. The number of halogens is 2. The number of nitrogens with zero attached hydrogens (tertiary/aromatic N) is 2. The maximum Gasteiger partial charge on any atom is 0.251 e. The second-order valence-corrected chi connectivity index (χ2v) is 6.31. The van der Waals surface area contributed by atoms with Gasteiger partial charge in [0.05, 0.1) is 17.2 Å². The van der Waals surface area contributed by atoms with Gasteiger partial charge in [0.25, 0.3) is 5.91 Å². The highest BCUT2D eigenvalue weighted by molar-refractivity contribution is 6.02. The molecule has 6 heteroatoms. The van der Waals surface area contributed by atoms with Crippen molar-refractivity contribution in [1.82, 2.24) is 4.57 Å². The number of rotatable bonds is 4. The van der Waals surface area contributed by atoms with E-state index in [2.05, 4.69) is 6.07 Å². The normalized spacial score (nSPS) is 10.6. The molecule has 1 amide bonds. The second kappa shape index (κ2) is 7.04. The molecule has 0 bridgehead atoms. The standard InChI is InChI=1S/C21H17F2N3O/c1-12-19(16-6-3-14(10-24)4-7-16)20(21(25)27)13(2)26(12)11-15-5-8-17(22)18(23)9-15/h3-9H,11H2,1-2H3,(H2,25,27). The van der Waals surface area contributed by atoms with Gasteiger partial charge in [-0.2, -0.15) is 5.26 Å². The highest BCUT2D eigenvalue weighted by Crippen LogP contribution is 2.33. The first kappa shape index (κ1) is 18.3. The Morgan fingerprint density at radius 1 is 1.07 bits per heavy atom. The van der Waals surface area contributed by atoms with E-state index >= 15 is 0 Å². The molecule has 0 saturated carbocycles. The fourth-order valence-electron chi connectivity index (χ4n) is 3.31. The minimum absolute atomic E-state index is 0.269. The van der Waals surface area contributed by atoms with Gasteiger partial charge in [-0.25, -0.2) is 8.78 Å². The number of nitrogens with two attached hydrogens (primary N) is 1. The average Bonchev–Trinajstić information content (AvgIpc) is 2.89. The van der Waals surface area contributed by atoms with Crippen molar-refractivity contribution in [1.29, 1.82) is 5.26 Å². The molecule has 0 spiro atoms. The van der Waals surface area contributed by atoms with Crippen LogP contribution in [-0.2, 0) is 6.54 Å². The zero-order valence-corrected chi connectivity index (χ0v) is 14.9. The lowest BCUT2D eigenvalue weighted by molar-refractivity contribution is 0.1000. The zero-order valence-electron chi connectivity index (χ0n) is 14.9. The number of hydrogen-bond donors (Lipinski definition) is 1. The Morgan fingerprint density at radius 3 is 2.30 bits per heavy atom. The number of carbonyl (C=O) groups excluding carboxylic acids is 1. The van der Waals surface area contributed by atoms with Crippen LogP contribution in [0.5, 0.6) is 0 Å². The summed E-state index contributed by atoms with van der Waals surface area (Å²) in [6.07, 6.45) is 0. The van der Waals surface area contributed by atoms with Crippen LogP contribution < -0.4 is 5.73 Å². The minimum atomic E-state index is -0.919. The van der Waals surface area contributed by atoms with Crippen LogP contribution in [0.15, 0.2) is 42.5 Å². The van der Waals surface area contributed by atoms with Gasteiger partial charge >= 0.3 is 0 Å². The first-order valence-electron chi connectivity index (χ1n) is 8.27. The van der Waals surface area contributed by atoms with Crippen LogP contribution in [0.1, 0.15) is 32.9 Å². The van der Waals surface area contributed by atoms with Crippen LogP contribution >= 0.6 is 0 Å². The van der Waals surface area contributed by atoms with Crippen molar-refractivity contribution >= 4 is 5.91 Å². The number of aromatic nitrogens is 1. The number of benzene rings is 2. The van der Waals surface area contributed by atoms with Crippen molar-refractivity contribution < 1.29 is 13.6 Å². The van der Waals surface area contributed by atoms with E-state index in [0.717, 1.165) is 23.4 Å². The molecule has 2 aromatic carbocycles. The quantitative estimate of drug-likeness (QED) is 0.757. The molecule has 0 aliphatic carbocycles. The monoisotopic (exact) mass is 365 g/mol. The number of nitriles is 1. The van der Waals surface area contributed by atoms with Gasteiger partial charge in [0.1, 0.15) is 0 Å². The molecule has 0 fully saturated rings. The van der Waals surface area contributed by atoms with E-state index in [-0.39, 0.29) is 6.54 Å². The van der Waals surface area contributed by atoms with Crippen molar-refractivity contribution in [3.05, 3.63) is 82.2 Å². The van der Waals surface area contributed by atoms with Crippen molar-refractivity contribution in [2.45, 2.75) is 20.4 Å². The molecule has 2 N–H and O–H groups in total. The summed E-state index contributed by atoms with van der Waals surface area (Å²) in [5.41, 5.74) is 9.91. The van der Waals surface area contributed by atoms with E-state index in [1.165, 1.54) is 6.07 Å². The van der Waals surface area contributed by atoms with Crippen molar-refractivity contribution in [2.75, 3.05) is 0 Å². The lowest BCUT2D eigenvalue weighted by atomic mass is 9.99. The van der Waals surface area contributed by atoms with Crippen molar-refractivity contribution in [3.8, 4) is 17.2 Å². The van der Waals surface area contributed by atoms with Gasteiger partial charge in [-0.3, -0.25) is 4.79 Å². The third kappa shape index (κ3) is 3.32. The van der Waals surface area contributed by atoms with Crippen LogP contribution in [-0.4, -0.2) is 10.5 Å². The van der Waals surface area contributed by atoms with Gasteiger partial charge in [0.15, 0.2) is 11.6 Å². The molecule has 0 atom stereocenters. The van der Waals surface area contributed by atoms with Crippen molar-refractivity contribution in [2.24, 2.45) is 5.73 Å². The molecule has 27 heavy (non-hydrogen) atoms. The molecular formula is C21H17F2N3O. The third-order valence-corrected chi connectivity index (χ3v) is 4.66. The first-order valence-corrected chi connectivity index (χ1v) is 8.27. The van der Waals surface area contributed by atoms with E-state index in [4.69, 9.17) is 11.0 Å². The van der Waals surface area contributed by atoms with Crippen LogP contribution in [0.25, 0.3) is 11.1 Å². The van der Waals surface area contributed by atoms with Crippen LogP contribution in [0.4, 0.5) is 8.78 Å². The topological polar surface area (TPSA) is 71.8 Å². The average molecular weight is 365 g/mol. The summed E-state index contributed by atoms with van der Waals surface area (Å²) in [7, 11) is 0. The molecule has 1 aromatic heterocycles. The van der Waals surface area contributed by atoms with Crippen LogP contribution in [0.3, 0.4) is 0 Å². The first-order chi connectivity index (χ1) is 12.8. The lowest BCUT2D eigenvalue weighted by Gasteiger charge is -2.10. The molecule has 136 valence electrons. The molecule has 0 radical (unpaired) electrons. The van der Waals surface area contributed by atoms with Crippen LogP contribution in [0.2, 0.25) is 0 Å². The van der Waals surface area contributed by atoms with Gasteiger partial charge in [-0.05, 0) is 49.2 Å². The number of primary amides is 1. The molecule has 3 aromatic rings. The van der Waals surface area contributed by atoms with E-state index in [0.29, 0.717) is 27.9 Å². The molecule has 1 heterocycles. The fourth-order valence-corrected chi connectivity index (χ4v) is 3.31. The number of carbonyl (C=O) groups is 1. The Labute approximate surface area is 155 Å². The molecule has 0 unspecified atom stereocenters. The largest absolute Gasteiger partial charge is 0.366 e. The van der Waals surface area contributed by atoms with Gasteiger partial charge in [-0.15, -0.1) is 0 Å². The molecule has 0 saturated heterocycles. The Bertz CT molecular complexity index is 1080. The summed E-state index contributed by atoms with van der Waals surface area (Å²) in [6, 6.07) is 12.6. The molecule has 4 nitrogen and oxygen atoms in total. The summed E-state index contributed by atoms with van der Waals surface area (Å²) >= 11 is 0. The van der Waals surface area contributed by atoms with Gasteiger partial charge < -0.3 is 10.3 Å². The van der Waals surface area contributed by atoms with E-state index < -0.39 is 17.5 Å². The molecular weight excluding hydrogens is 348 g/mol. The predicted molar refractivity (Wildman–Crippen MR) is 98.0 cm³/mol. The molecule has 0 aliphatic heterocycles. The minimum Gasteiger partial charge on any atom is -0.366 e. The van der Waals surface area contributed by atoms with Crippen LogP contribution in [0, 0.1) is 36.8 Å². The third-order valence-electron chi connectivity index (χ3n) is 4.66. The fraction of sp³-hybridized carbons (Fsp3) is 0.143. The van der Waals surface area contributed by atoms with Gasteiger partial charge in [0, 0.05) is 23.5 Å². The summed E-state index contributed by atoms with van der Waals surface area (Å²) in [6.45, 7) is 3.87. The summed E-state index contributed by atoms with van der Waals surface area (Å²) in [4.78, 5) is 12.1. The Hall–Kier alpha value is -3.46. The predicted octanol–water partition coefficient (Wildman–Crippen LogP) is 4.07. The summed E-state index contributed by atoms with van der Waals surface area (Å²) < 4.78 is 28.6. The van der Waals surface area contributed by atoms with Gasteiger partial charge in [0.2, 0.25) is 0 Å². The molecule has 0 aliphatic rings. The van der Waals surface area contributed by atoms with E-state index in [1.807, 2.05) is 11.5 Å². The van der Waals surface area contributed by atoms with Crippen molar-refractivity contribution in [3.63, 3.8) is 0 Å². The maximum atomic E-state index is 13.5. The summed E-state index contributed by atoms with van der Waals surface area (Å²) in [5.74, 6) is -2.40. The maximum absolute atomic E-state index is 13.5. The molecule has 3 rings (SSSR count). The number of amides is 1. The SMILES string of the molecule is Cc1c(C(N)=O)c(-c2ccc(C#N)cc2)c(C)n1Cc1ccc(F)c(F)c1. The van der Waals surface area contributed by atoms with E-state index in [1.54, 1.807) is 31.2 Å². The number of hydrogen-bond acceptors (Lipinski definition) is 2. The Kier molecular flexibility index (Phi) is 4.78. The zero-order chi connectivity index (χ0) is 19.7. The highest BCUT2D eigenvalue weighted by atomic mass is 19.2. The highest BCUT2D eigenvalue weighted by Gasteiger charge is 2.22. The Morgan fingerprint density at radius 2 is 1.74 bits per heavy atom. The van der Waals surface area contributed by atoms with Gasteiger partial charge in [-0.1, -0.05) is 18.2 Å². The summed E-state index contributed by atoms with van der Waals surface area (Å²) in [5, 5.41) is 8.97. The van der Waals surface area contributed by atoms with E-state index in [9.17, 15) is 13.6 Å². The Balaban J connectivity index is 2.14. The lowest BCUT2D eigenvalue weighted by Crippen LogP contribution is -2.13.